The minimum absolute atomic E-state index is 0.0367. The first kappa shape index (κ1) is 20.3. The second-order valence-corrected chi connectivity index (χ2v) is 7.68. The Hall–Kier alpha value is -2.01. The number of aryl methyl sites for hydroxylation is 1. The van der Waals surface area contributed by atoms with Crippen LogP contribution in [0.15, 0.2) is 40.9 Å². The number of carbonyl (C=O) groups excluding carboxylic acids is 1. The Bertz CT molecular complexity index is 755. The van der Waals surface area contributed by atoms with E-state index >= 15 is 0 Å². The number of anilines is 1. The van der Waals surface area contributed by atoms with Gasteiger partial charge in [0.25, 0.3) is 5.91 Å². The molecule has 0 spiro atoms. The van der Waals surface area contributed by atoms with E-state index in [-0.39, 0.29) is 18.6 Å². The molecule has 1 amide bonds. The van der Waals surface area contributed by atoms with Crippen molar-refractivity contribution in [1.82, 2.24) is 0 Å². The smallest absolute Gasteiger partial charge is 0.262 e. The Morgan fingerprint density at radius 3 is 2.35 bits per heavy atom. The van der Waals surface area contributed by atoms with Gasteiger partial charge in [-0.2, -0.15) is 0 Å². The topological polar surface area (TPSA) is 47.6 Å². The SMILES string of the molecule is Cc1cc(OCC(=O)Nc2ccc(OC(C)C)cc2)c(C(C)C)cc1Br. The molecule has 0 aromatic heterocycles. The number of nitrogens with one attached hydrogen (secondary N) is 1. The lowest BCUT2D eigenvalue weighted by atomic mass is 10.0. The zero-order valence-electron chi connectivity index (χ0n) is 15.9. The molecule has 1 N–H and O–H groups in total. The first-order valence-electron chi connectivity index (χ1n) is 8.75. The zero-order chi connectivity index (χ0) is 19.3. The lowest BCUT2D eigenvalue weighted by molar-refractivity contribution is -0.118. The van der Waals surface area contributed by atoms with Gasteiger partial charge in [-0.15, -0.1) is 0 Å². The minimum atomic E-state index is -0.196. The van der Waals surface area contributed by atoms with Gasteiger partial charge in [0.1, 0.15) is 11.5 Å². The predicted molar refractivity (Wildman–Crippen MR) is 109 cm³/mol. The van der Waals surface area contributed by atoms with E-state index in [1.165, 1.54) is 0 Å². The van der Waals surface area contributed by atoms with E-state index in [2.05, 4.69) is 41.2 Å². The van der Waals surface area contributed by atoms with Crippen LogP contribution in [0.5, 0.6) is 11.5 Å². The van der Waals surface area contributed by atoms with Gasteiger partial charge in [-0.25, -0.2) is 0 Å². The van der Waals surface area contributed by atoms with Crippen LogP contribution >= 0.6 is 15.9 Å². The molecule has 0 aliphatic heterocycles. The van der Waals surface area contributed by atoms with Crippen molar-refractivity contribution >= 4 is 27.5 Å². The lowest BCUT2D eigenvalue weighted by Crippen LogP contribution is -2.20. The number of rotatable bonds is 7. The Kier molecular flexibility index (Phi) is 7.09. The largest absolute Gasteiger partial charge is 0.491 e. The highest BCUT2D eigenvalue weighted by Crippen LogP contribution is 2.32. The summed E-state index contributed by atoms with van der Waals surface area (Å²) < 4.78 is 12.4. The first-order valence-corrected chi connectivity index (χ1v) is 9.55. The molecule has 2 aromatic rings. The fourth-order valence-electron chi connectivity index (χ4n) is 2.48. The first-order chi connectivity index (χ1) is 12.3. The summed E-state index contributed by atoms with van der Waals surface area (Å²) >= 11 is 3.55. The Balaban J connectivity index is 1.98. The quantitative estimate of drug-likeness (QED) is 0.627. The van der Waals surface area contributed by atoms with Crippen LogP contribution in [0, 0.1) is 6.92 Å². The fraction of sp³-hybridized carbons (Fsp3) is 0.381. The molecule has 0 aliphatic rings. The molecule has 26 heavy (non-hydrogen) atoms. The third kappa shape index (κ3) is 5.77. The molecule has 2 rings (SSSR count). The number of benzene rings is 2. The van der Waals surface area contributed by atoms with Crippen molar-refractivity contribution in [2.24, 2.45) is 0 Å². The number of ether oxygens (including phenoxy) is 2. The van der Waals surface area contributed by atoms with Gasteiger partial charge < -0.3 is 14.8 Å². The Morgan fingerprint density at radius 1 is 1.12 bits per heavy atom. The van der Waals surface area contributed by atoms with Crippen molar-refractivity contribution in [2.45, 2.75) is 46.6 Å². The van der Waals surface area contributed by atoms with Crippen LogP contribution in [-0.2, 0) is 4.79 Å². The summed E-state index contributed by atoms with van der Waals surface area (Å²) in [6.07, 6.45) is 0.119. The van der Waals surface area contributed by atoms with Gasteiger partial charge in [-0.3, -0.25) is 4.79 Å². The maximum absolute atomic E-state index is 12.2. The molecule has 5 heteroatoms. The van der Waals surface area contributed by atoms with Gasteiger partial charge in [0.2, 0.25) is 0 Å². The van der Waals surface area contributed by atoms with Crippen LogP contribution in [0.4, 0.5) is 5.69 Å². The molecular formula is C21H26BrNO3. The molecule has 0 aliphatic carbocycles. The van der Waals surface area contributed by atoms with Crippen LogP contribution in [0.3, 0.4) is 0 Å². The molecule has 0 saturated carbocycles. The lowest BCUT2D eigenvalue weighted by Gasteiger charge is -2.16. The summed E-state index contributed by atoms with van der Waals surface area (Å²) in [4.78, 5) is 12.2. The maximum atomic E-state index is 12.2. The summed E-state index contributed by atoms with van der Waals surface area (Å²) in [6, 6.07) is 11.3. The third-order valence-electron chi connectivity index (χ3n) is 3.78. The molecule has 0 bridgehead atoms. The molecule has 0 saturated heterocycles. The van der Waals surface area contributed by atoms with Crippen molar-refractivity contribution in [3.8, 4) is 11.5 Å². The van der Waals surface area contributed by atoms with Gasteiger partial charge in [-0.05, 0) is 74.2 Å². The van der Waals surface area contributed by atoms with Gasteiger partial charge in [0, 0.05) is 10.2 Å². The summed E-state index contributed by atoms with van der Waals surface area (Å²) in [6.45, 7) is 10.1. The maximum Gasteiger partial charge on any atom is 0.262 e. The van der Waals surface area contributed by atoms with Crippen LogP contribution in [-0.4, -0.2) is 18.6 Å². The number of hydrogen-bond acceptors (Lipinski definition) is 3. The van der Waals surface area contributed by atoms with E-state index in [9.17, 15) is 4.79 Å². The van der Waals surface area contributed by atoms with Crippen molar-refractivity contribution in [3.05, 3.63) is 52.0 Å². The van der Waals surface area contributed by atoms with Gasteiger partial charge in [0.15, 0.2) is 6.61 Å². The van der Waals surface area contributed by atoms with Crippen LogP contribution in [0.2, 0.25) is 0 Å². The highest BCUT2D eigenvalue weighted by atomic mass is 79.9. The van der Waals surface area contributed by atoms with Gasteiger partial charge in [-0.1, -0.05) is 29.8 Å². The molecule has 0 fully saturated rings. The molecule has 4 nitrogen and oxygen atoms in total. The Morgan fingerprint density at radius 2 is 1.77 bits per heavy atom. The molecule has 0 atom stereocenters. The minimum Gasteiger partial charge on any atom is -0.491 e. The van der Waals surface area contributed by atoms with Crippen molar-refractivity contribution in [2.75, 3.05) is 11.9 Å². The third-order valence-corrected chi connectivity index (χ3v) is 4.64. The summed E-state index contributed by atoms with van der Waals surface area (Å²) in [5.74, 6) is 1.63. The summed E-state index contributed by atoms with van der Waals surface area (Å²) in [5.41, 5.74) is 2.86. The molecule has 0 radical (unpaired) electrons. The van der Waals surface area contributed by atoms with E-state index in [1.807, 2.05) is 51.1 Å². The average Bonchev–Trinajstić information content (AvgIpc) is 2.56. The molecule has 0 heterocycles. The van der Waals surface area contributed by atoms with Crippen LogP contribution < -0.4 is 14.8 Å². The van der Waals surface area contributed by atoms with Crippen LogP contribution in [0.1, 0.15) is 44.7 Å². The van der Waals surface area contributed by atoms with E-state index in [1.54, 1.807) is 0 Å². The average molecular weight is 420 g/mol. The molecule has 2 aromatic carbocycles. The second-order valence-electron chi connectivity index (χ2n) is 6.82. The predicted octanol–water partition coefficient (Wildman–Crippen LogP) is 5.69. The number of hydrogen-bond donors (Lipinski definition) is 1. The van der Waals surface area contributed by atoms with E-state index in [0.717, 1.165) is 27.1 Å². The molecule has 140 valence electrons. The van der Waals surface area contributed by atoms with Crippen molar-refractivity contribution < 1.29 is 14.3 Å². The van der Waals surface area contributed by atoms with Crippen LogP contribution in [0.25, 0.3) is 0 Å². The monoisotopic (exact) mass is 419 g/mol. The van der Waals surface area contributed by atoms with Gasteiger partial charge >= 0.3 is 0 Å². The van der Waals surface area contributed by atoms with Gasteiger partial charge in [0.05, 0.1) is 6.10 Å². The fourth-order valence-corrected chi connectivity index (χ4v) is 2.84. The van der Waals surface area contributed by atoms with E-state index < -0.39 is 0 Å². The molecular weight excluding hydrogens is 394 g/mol. The number of carbonyl (C=O) groups is 1. The van der Waals surface area contributed by atoms with E-state index in [0.29, 0.717) is 11.6 Å². The summed E-state index contributed by atoms with van der Waals surface area (Å²) in [7, 11) is 0. The van der Waals surface area contributed by atoms with Crippen molar-refractivity contribution in [1.29, 1.82) is 0 Å². The number of halogens is 1. The standard InChI is InChI=1S/C21H26BrNO3/c1-13(2)18-11-19(22)15(5)10-20(18)25-12-21(24)23-16-6-8-17(9-7-16)26-14(3)4/h6-11,13-14H,12H2,1-5H3,(H,23,24). The highest BCUT2D eigenvalue weighted by molar-refractivity contribution is 9.10. The summed E-state index contributed by atoms with van der Waals surface area (Å²) in [5, 5.41) is 2.84. The van der Waals surface area contributed by atoms with E-state index in [4.69, 9.17) is 9.47 Å². The molecule has 0 unspecified atom stereocenters. The normalized spacial score (nSPS) is 10.9. The second kappa shape index (κ2) is 9.08. The van der Waals surface area contributed by atoms with Crippen molar-refractivity contribution in [3.63, 3.8) is 0 Å². The number of amides is 1. The zero-order valence-corrected chi connectivity index (χ0v) is 17.5. The Labute approximate surface area is 164 Å². The highest BCUT2D eigenvalue weighted by Gasteiger charge is 2.12.